The molecule has 0 spiro atoms. The second kappa shape index (κ2) is 12.9. The van der Waals surface area contributed by atoms with Crippen LogP contribution < -0.4 is 11.1 Å². The van der Waals surface area contributed by atoms with E-state index in [-0.39, 0.29) is 46.2 Å². The number of amides is 2. The molecule has 2 amide bonds. The SMILES string of the molecule is C=Nc1ccc2cc(C#Cc3ccc4c(ccc5[nH]c([C@@H]6C[C@@]7(C)C[C@@]7(N)N6C(=O)CC(C)C)nc54)c3)ccc2c1NC[C@@H]1C[C@@]2(C)C[C@@]2(C)N1C(=O)CC(C)C. The molecule has 4 aromatic carbocycles. The second-order valence-electron chi connectivity index (χ2n) is 19.2. The van der Waals surface area contributed by atoms with Crippen LogP contribution in [0.5, 0.6) is 0 Å². The molecule has 5 aromatic rings. The Balaban J connectivity index is 0.952. The molecule has 9 rings (SSSR count). The van der Waals surface area contributed by atoms with Crippen LogP contribution in [-0.4, -0.2) is 62.1 Å². The molecule has 2 saturated heterocycles. The third-order valence-corrected chi connectivity index (χ3v) is 14.0. The molecule has 0 bridgehead atoms. The molecule has 294 valence electrons. The maximum Gasteiger partial charge on any atom is 0.224 e. The van der Waals surface area contributed by atoms with Crippen molar-refractivity contribution in [2.45, 2.75) is 110 Å². The number of H-pyrrole nitrogens is 1. The fourth-order valence-corrected chi connectivity index (χ4v) is 10.7. The minimum Gasteiger partial charge on any atom is -0.381 e. The summed E-state index contributed by atoms with van der Waals surface area (Å²) in [5.41, 5.74) is 11.7. The number of hydrogen-bond donors (Lipinski definition) is 3. The van der Waals surface area contributed by atoms with Crippen molar-refractivity contribution in [1.82, 2.24) is 19.8 Å². The summed E-state index contributed by atoms with van der Waals surface area (Å²) in [6.07, 6.45) is 4.77. The molecule has 0 radical (unpaired) electrons. The van der Waals surface area contributed by atoms with Crippen molar-refractivity contribution in [1.29, 1.82) is 0 Å². The lowest BCUT2D eigenvalue weighted by atomic mass is 10.00. The highest BCUT2D eigenvalue weighted by atomic mass is 16.2. The van der Waals surface area contributed by atoms with Crippen molar-refractivity contribution < 1.29 is 9.59 Å². The molecule has 6 atom stereocenters. The fourth-order valence-electron chi connectivity index (χ4n) is 10.7. The van der Waals surface area contributed by atoms with E-state index in [1.54, 1.807) is 0 Å². The summed E-state index contributed by atoms with van der Waals surface area (Å²) >= 11 is 0. The Morgan fingerprint density at radius 1 is 0.877 bits per heavy atom. The Kier molecular flexibility index (Phi) is 8.46. The zero-order chi connectivity index (χ0) is 40.2. The van der Waals surface area contributed by atoms with Gasteiger partial charge in [-0.15, -0.1) is 0 Å². The number of carbonyl (C=O) groups is 2. The number of aromatic nitrogens is 2. The largest absolute Gasteiger partial charge is 0.381 e. The number of anilines is 1. The molecule has 2 aliphatic heterocycles. The van der Waals surface area contributed by atoms with E-state index in [2.05, 4.69) is 142 Å². The highest BCUT2D eigenvalue weighted by Gasteiger charge is 2.74. The number of aromatic amines is 1. The number of benzene rings is 4. The maximum atomic E-state index is 13.5. The van der Waals surface area contributed by atoms with Gasteiger partial charge in [-0.3, -0.25) is 14.6 Å². The first kappa shape index (κ1) is 37.4. The summed E-state index contributed by atoms with van der Waals surface area (Å²) in [5.74, 6) is 8.55. The molecular weight excluding hydrogens is 707 g/mol. The number of nitrogens with one attached hydrogen (secondary N) is 2. The zero-order valence-electron chi connectivity index (χ0n) is 34.4. The Hall–Kier alpha value is -5.20. The van der Waals surface area contributed by atoms with Gasteiger partial charge in [-0.2, -0.15) is 0 Å². The molecule has 0 unspecified atom stereocenters. The molecule has 9 heteroatoms. The standard InChI is InChI=1S/C48H55N7O2/c1-28(2)19-40(56)54-34(23-45(5)26-47(45,54)7)25-51-42-35-15-11-30(21-32(35)13-17-37(42)50-8)9-10-31-12-16-36-33(22-31)14-18-38-43(36)53-44(52-38)39-24-46(6)27-48(46,49)55(39)41(57)20-29(3)4/h11-18,21-22,28-29,34,39,51H,8,19-20,23-27,49H2,1-7H3,(H,52,53)/t34-,39-,45-,46-,47+,48+/m0/s1. The van der Waals surface area contributed by atoms with Gasteiger partial charge in [0.25, 0.3) is 0 Å². The molecule has 4 fully saturated rings. The van der Waals surface area contributed by atoms with Gasteiger partial charge in [0.05, 0.1) is 40.2 Å². The van der Waals surface area contributed by atoms with Crippen LogP contribution in [0.3, 0.4) is 0 Å². The van der Waals surface area contributed by atoms with Crippen LogP contribution in [0.2, 0.25) is 0 Å². The molecule has 1 aromatic heterocycles. The van der Waals surface area contributed by atoms with E-state index in [9.17, 15) is 9.59 Å². The molecule has 3 heterocycles. The van der Waals surface area contributed by atoms with E-state index in [0.717, 1.165) is 86.6 Å². The number of fused-ring (bicyclic) bond motifs is 6. The average molecular weight is 762 g/mol. The summed E-state index contributed by atoms with van der Waals surface area (Å²) < 4.78 is 0. The van der Waals surface area contributed by atoms with Crippen molar-refractivity contribution in [2.75, 3.05) is 11.9 Å². The van der Waals surface area contributed by atoms with Crippen LogP contribution in [0.4, 0.5) is 11.4 Å². The number of imidazole rings is 1. The smallest absolute Gasteiger partial charge is 0.224 e. The summed E-state index contributed by atoms with van der Waals surface area (Å²) in [6, 6.07) is 20.8. The van der Waals surface area contributed by atoms with Gasteiger partial charge in [-0.05, 0) is 104 Å². The first-order chi connectivity index (χ1) is 27.1. The van der Waals surface area contributed by atoms with Gasteiger partial charge in [-0.1, -0.05) is 77.6 Å². The number of hydrogen-bond acceptors (Lipinski definition) is 6. The van der Waals surface area contributed by atoms with Crippen LogP contribution in [0.25, 0.3) is 32.6 Å². The van der Waals surface area contributed by atoms with Gasteiger partial charge in [0, 0.05) is 52.2 Å². The quantitative estimate of drug-likeness (QED) is 0.102. The van der Waals surface area contributed by atoms with Crippen molar-refractivity contribution >= 4 is 62.5 Å². The lowest BCUT2D eigenvalue weighted by Gasteiger charge is -2.33. The van der Waals surface area contributed by atoms with Gasteiger partial charge in [0.2, 0.25) is 11.8 Å². The van der Waals surface area contributed by atoms with E-state index in [1.165, 1.54) is 0 Å². The molecular formula is C48H55N7O2. The fraction of sp³-hybridized carbons (Fsp3) is 0.458. The van der Waals surface area contributed by atoms with E-state index in [0.29, 0.717) is 25.3 Å². The summed E-state index contributed by atoms with van der Waals surface area (Å²) in [7, 11) is 0. The van der Waals surface area contributed by atoms with Crippen LogP contribution >= 0.6 is 0 Å². The van der Waals surface area contributed by atoms with Gasteiger partial charge >= 0.3 is 0 Å². The Morgan fingerprint density at radius 3 is 2.18 bits per heavy atom. The summed E-state index contributed by atoms with van der Waals surface area (Å²) in [5, 5.41) is 7.93. The Bertz CT molecular complexity index is 2580. The Morgan fingerprint density at radius 2 is 1.51 bits per heavy atom. The number of piperidine rings is 2. The van der Waals surface area contributed by atoms with Crippen LogP contribution in [0.1, 0.15) is 110 Å². The van der Waals surface area contributed by atoms with Gasteiger partial charge in [0.1, 0.15) is 5.82 Å². The van der Waals surface area contributed by atoms with Crippen molar-refractivity contribution in [3.05, 3.63) is 77.6 Å². The number of nitrogens with zero attached hydrogens (tertiary/aromatic N) is 4. The predicted octanol–water partition coefficient (Wildman–Crippen LogP) is 9.21. The third kappa shape index (κ3) is 5.93. The van der Waals surface area contributed by atoms with Crippen LogP contribution in [-0.2, 0) is 9.59 Å². The molecule has 2 aliphatic carbocycles. The van der Waals surface area contributed by atoms with E-state index in [4.69, 9.17) is 10.7 Å². The topological polar surface area (TPSA) is 120 Å². The minimum atomic E-state index is -0.598. The highest BCUT2D eigenvalue weighted by molar-refractivity contribution is 6.05. The monoisotopic (exact) mass is 761 g/mol. The Labute approximate surface area is 335 Å². The van der Waals surface area contributed by atoms with E-state index < -0.39 is 5.66 Å². The molecule has 9 nitrogen and oxygen atoms in total. The zero-order valence-corrected chi connectivity index (χ0v) is 34.4. The van der Waals surface area contributed by atoms with Crippen LogP contribution in [0, 0.1) is 34.5 Å². The number of aliphatic imine (C=N–C) groups is 1. The van der Waals surface area contributed by atoms with Gasteiger partial charge in [0.15, 0.2) is 0 Å². The predicted molar refractivity (Wildman–Crippen MR) is 230 cm³/mol. The van der Waals surface area contributed by atoms with Crippen LogP contribution in [0.15, 0.2) is 65.7 Å². The number of carbonyl (C=O) groups excluding carboxylic acids is 2. The summed E-state index contributed by atoms with van der Waals surface area (Å²) in [4.78, 5) is 44.1. The molecule has 2 saturated carbocycles. The molecule has 57 heavy (non-hydrogen) atoms. The molecule has 4 N–H and O–H groups in total. The third-order valence-electron chi connectivity index (χ3n) is 14.0. The minimum absolute atomic E-state index is 0.0577. The van der Waals surface area contributed by atoms with E-state index in [1.807, 2.05) is 11.0 Å². The number of likely N-dealkylation sites (tertiary alicyclic amines) is 2. The number of nitrogens with two attached hydrogens (primary N) is 1. The van der Waals surface area contributed by atoms with Gasteiger partial charge < -0.3 is 25.8 Å². The normalized spacial score (nSPS) is 28.5. The van der Waals surface area contributed by atoms with E-state index >= 15 is 0 Å². The van der Waals surface area contributed by atoms with Crippen molar-refractivity contribution in [3.8, 4) is 11.8 Å². The first-order valence-corrected chi connectivity index (χ1v) is 20.7. The van der Waals surface area contributed by atoms with Crippen molar-refractivity contribution in [3.63, 3.8) is 0 Å². The second-order valence-corrected chi connectivity index (χ2v) is 19.2. The summed E-state index contributed by atoms with van der Waals surface area (Å²) in [6.45, 7) is 19.7. The van der Waals surface area contributed by atoms with Crippen molar-refractivity contribution in [2.24, 2.45) is 33.4 Å². The average Bonchev–Trinajstić information content (AvgIpc) is 3.63. The lowest BCUT2D eigenvalue weighted by molar-refractivity contribution is -0.137. The number of rotatable bonds is 9. The highest BCUT2D eigenvalue weighted by Crippen LogP contribution is 2.69. The lowest BCUT2D eigenvalue weighted by Crippen LogP contribution is -2.48. The molecule has 4 aliphatic rings. The first-order valence-electron chi connectivity index (χ1n) is 20.7. The maximum absolute atomic E-state index is 13.5. The van der Waals surface area contributed by atoms with Gasteiger partial charge in [-0.25, -0.2) is 4.98 Å².